The van der Waals surface area contributed by atoms with Gasteiger partial charge in [0.15, 0.2) is 0 Å². The maximum absolute atomic E-state index is 2.36. The number of hydrogen-bond donors (Lipinski definition) is 0. The van der Waals surface area contributed by atoms with Crippen molar-refractivity contribution in [1.29, 1.82) is 0 Å². The van der Waals surface area contributed by atoms with Crippen molar-refractivity contribution in [1.82, 2.24) is 0 Å². The van der Waals surface area contributed by atoms with E-state index < -0.39 is 0 Å². The fourth-order valence-corrected chi connectivity index (χ4v) is 2.44. The van der Waals surface area contributed by atoms with Gasteiger partial charge in [0.05, 0.1) is 0 Å². The van der Waals surface area contributed by atoms with Crippen molar-refractivity contribution in [2.75, 3.05) is 0 Å². The van der Waals surface area contributed by atoms with E-state index in [1.54, 1.807) is 0 Å². The Morgan fingerprint density at radius 3 is 0.762 bits per heavy atom. The summed E-state index contributed by atoms with van der Waals surface area (Å²) in [6, 6.07) is 0. The molecule has 2 radical (unpaired) electrons. The molecule has 0 aliphatic heterocycles. The molecule has 0 aromatic heterocycles. The Morgan fingerprint density at radius 1 is 0.476 bits per heavy atom. The Bertz CT molecular complexity index is 115. The fourth-order valence-electron chi connectivity index (χ4n) is 2.44. The van der Waals surface area contributed by atoms with Gasteiger partial charge in [0.1, 0.15) is 0 Å². The molecule has 2 rings (SSSR count). The molecular formula is C19H44Y2-2. The molecule has 0 heterocycles. The SMILES string of the molecule is CC.CC.CC1CCCC1.CC1CCCCC1.[CH3-].[CH3-].[Y].[Y]. The van der Waals surface area contributed by atoms with Crippen molar-refractivity contribution < 1.29 is 65.4 Å². The summed E-state index contributed by atoms with van der Waals surface area (Å²) >= 11 is 0. The molecule has 0 atom stereocenters. The Morgan fingerprint density at radius 2 is 0.667 bits per heavy atom. The molecule has 0 unspecified atom stereocenters. The van der Waals surface area contributed by atoms with E-state index in [1.807, 2.05) is 27.7 Å². The predicted molar refractivity (Wildman–Crippen MR) is 95.4 cm³/mol. The third kappa shape index (κ3) is 30.6. The van der Waals surface area contributed by atoms with Crippen molar-refractivity contribution in [3.8, 4) is 0 Å². The van der Waals surface area contributed by atoms with Gasteiger partial charge in [0, 0.05) is 65.4 Å². The summed E-state index contributed by atoms with van der Waals surface area (Å²) in [5, 5.41) is 0. The van der Waals surface area contributed by atoms with Gasteiger partial charge in [-0.2, -0.15) is 0 Å². The summed E-state index contributed by atoms with van der Waals surface area (Å²) in [5.41, 5.74) is 0. The molecule has 0 saturated heterocycles. The van der Waals surface area contributed by atoms with Gasteiger partial charge in [-0.1, -0.05) is 99.3 Å². The summed E-state index contributed by atoms with van der Waals surface area (Å²) < 4.78 is 0. The maximum Gasteiger partial charge on any atom is 0 e. The van der Waals surface area contributed by atoms with Gasteiger partial charge >= 0.3 is 0 Å². The first-order valence-corrected chi connectivity index (χ1v) is 8.29. The minimum absolute atomic E-state index is 0. The quantitative estimate of drug-likeness (QED) is 0.331. The summed E-state index contributed by atoms with van der Waals surface area (Å²) in [5.74, 6) is 2.08. The molecule has 0 nitrogen and oxygen atoms in total. The van der Waals surface area contributed by atoms with Gasteiger partial charge in [0.25, 0.3) is 0 Å². The second-order valence-corrected chi connectivity index (χ2v) is 5.13. The summed E-state index contributed by atoms with van der Waals surface area (Å²) in [4.78, 5) is 0. The van der Waals surface area contributed by atoms with Crippen LogP contribution in [0.1, 0.15) is 99.3 Å². The van der Waals surface area contributed by atoms with Crippen LogP contribution in [0.4, 0.5) is 0 Å². The van der Waals surface area contributed by atoms with E-state index in [9.17, 15) is 0 Å². The van der Waals surface area contributed by atoms with Gasteiger partial charge in [-0.05, 0) is 11.8 Å². The van der Waals surface area contributed by atoms with E-state index in [2.05, 4.69) is 13.8 Å². The number of rotatable bonds is 0. The Hall–Kier alpha value is 2.21. The normalized spacial score (nSPS) is 16.3. The van der Waals surface area contributed by atoms with E-state index in [-0.39, 0.29) is 80.3 Å². The van der Waals surface area contributed by atoms with Crippen molar-refractivity contribution in [3.05, 3.63) is 14.9 Å². The second kappa shape index (κ2) is 33.7. The average Bonchev–Trinajstić information content (AvgIpc) is 2.87. The molecule has 0 bridgehead atoms. The first kappa shape index (κ1) is 38.7. The summed E-state index contributed by atoms with van der Waals surface area (Å²) in [6.45, 7) is 12.7. The van der Waals surface area contributed by atoms with Crippen LogP contribution in [0.2, 0.25) is 0 Å². The summed E-state index contributed by atoms with van der Waals surface area (Å²) in [6.07, 6.45) is 13.4. The molecule has 2 heteroatoms. The molecule has 0 N–H and O–H groups in total. The standard InChI is InChI=1S/C7H14.C6H12.2C2H6.2CH3.2Y/c1-7-5-3-2-4-6-7;1-6-4-2-3-5-6;2*1-2;;;;/h7H,2-6H2,1H3;6H,2-5H2,1H3;2*1-2H3;2*1H3;;/q;;;;2*-1;;. The minimum Gasteiger partial charge on any atom is -0.358 e. The third-order valence-electron chi connectivity index (χ3n) is 3.54. The maximum atomic E-state index is 2.36. The van der Waals surface area contributed by atoms with E-state index in [4.69, 9.17) is 0 Å². The van der Waals surface area contributed by atoms with Gasteiger partial charge in [0.2, 0.25) is 0 Å². The molecule has 0 spiro atoms. The van der Waals surface area contributed by atoms with Crippen LogP contribution in [0.25, 0.3) is 0 Å². The molecule has 128 valence electrons. The third-order valence-corrected chi connectivity index (χ3v) is 3.54. The Kier molecular flexibility index (Phi) is 62.1. The van der Waals surface area contributed by atoms with Crippen molar-refractivity contribution in [2.45, 2.75) is 99.3 Å². The van der Waals surface area contributed by atoms with Crippen LogP contribution < -0.4 is 0 Å². The largest absolute Gasteiger partial charge is 0.358 e. The first-order chi connectivity index (χ1) is 8.29. The van der Waals surface area contributed by atoms with E-state index in [0.717, 1.165) is 11.8 Å². The van der Waals surface area contributed by atoms with Crippen LogP contribution in [0.5, 0.6) is 0 Å². The smallest absolute Gasteiger partial charge is 0 e. The zero-order valence-electron chi connectivity index (χ0n) is 16.7. The molecule has 0 amide bonds. The van der Waals surface area contributed by atoms with Crippen molar-refractivity contribution in [2.24, 2.45) is 11.8 Å². The second-order valence-electron chi connectivity index (χ2n) is 5.13. The Labute approximate surface area is 189 Å². The number of hydrogen-bond acceptors (Lipinski definition) is 0. The van der Waals surface area contributed by atoms with Gasteiger partial charge in [-0.25, -0.2) is 0 Å². The van der Waals surface area contributed by atoms with Crippen LogP contribution in [0.3, 0.4) is 0 Å². The fraction of sp³-hybridized carbons (Fsp3) is 0.895. The molecule has 0 aromatic rings. The molecule has 2 aliphatic rings. The van der Waals surface area contributed by atoms with Crippen LogP contribution >= 0.6 is 0 Å². The molecular weight excluding hydrogens is 406 g/mol. The molecule has 0 aromatic carbocycles. The minimum atomic E-state index is 0. The summed E-state index contributed by atoms with van der Waals surface area (Å²) in [7, 11) is 0. The average molecular weight is 450 g/mol. The monoisotopic (exact) mass is 450 g/mol. The first-order valence-electron chi connectivity index (χ1n) is 8.29. The molecule has 2 fully saturated rings. The van der Waals surface area contributed by atoms with Crippen LogP contribution in [0, 0.1) is 26.7 Å². The van der Waals surface area contributed by atoms with E-state index in [1.165, 1.54) is 57.8 Å². The van der Waals surface area contributed by atoms with Crippen LogP contribution in [-0.4, -0.2) is 0 Å². The van der Waals surface area contributed by atoms with E-state index >= 15 is 0 Å². The molecule has 21 heavy (non-hydrogen) atoms. The van der Waals surface area contributed by atoms with Crippen molar-refractivity contribution >= 4 is 0 Å². The topological polar surface area (TPSA) is 0 Å². The molecule has 2 saturated carbocycles. The van der Waals surface area contributed by atoms with Gasteiger partial charge in [-0.15, -0.1) is 0 Å². The van der Waals surface area contributed by atoms with Crippen molar-refractivity contribution in [3.63, 3.8) is 0 Å². The molecule has 2 aliphatic carbocycles. The van der Waals surface area contributed by atoms with Crippen LogP contribution in [-0.2, 0) is 65.4 Å². The Balaban J connectivity index is -0.0000000377. The predicted octanol–water partition coefficient (Wildman–Crippen LogP) is 7.73. The van der Waals surface area contributed by atoms with Gasteiger partial charge in [-0.3, -0.25) is 0 Å². The zero-order chi connectivity index (χ0) is 13.5. The zero-order valence-corrected chi connectivity index (χ0v) is 22.3. The van der Waals surface area contributed by atoms with Crippen LogP contribution in [0.15, 0.2) is 0 Å². The van der Waals surface area contributed by atoms with E-state index in [0.29, 0.717) is 0 Å². The van der Waals surface area contributed by atoms with Gasteiger partial charge < -0.3 is 14.9 Å².